The van der Waals surface area contributed by atoms with Crippen molar-refractivity contribution < 1.29 is 17.4 Å². The van der Waals surface area contributed by atoms with Gasteiger partial charge in [0.05, 0.1) is 6.26 Å². The lowest BCUT2D eigenvalue weighted by Crippen LogP contribution is -2.34. The number of nitrogens with zero attached hydrogens (tertiary/aromatic N) is 2. The van der Waals surface area contributed by atoms with E-state index in [9.17, 15) is 13.2 Å². The van der Waals surface area contributed by atoms with Crippen molar-refractivity contribution in [1.29, 1.82) is 0 Å². The van der Waals surface area contributed by atoms with E-state index >= 15 is 0 Å². The molecule has 0 saturated carbocycles. The lowest BCUT2D eigenvalue weighted by atomic mass is 10.1. The molecule has 1 heterocycles. The van der Waals surface area contributed by atoms with Crippen LogP contribution in [0.2, 0.25) is 0 Å². The van der Waals surface area contributed by atoms with Gasteiger partial charge in [0, 0.05) is 18.8 Å². The number of aryl methyl sites for hydroxylation is 1. The van der Waals surface area contributed by atoms with E-state index in [1.807, 2.05) is 20.8 Å². The highest BCUT2D eigenvalue weighted by molar-refractivity contribution is 7.86. The Kier molecular flexibility index (Phi) is 6.19. The fourth-order valence-electron chi connectivity index (χ4n) is 1.86. The molecule has 0 saturated heterocycles. The first-order valence-corrected chi connectivity index (χ1v) is 8.90. The van der Waals surface area contributed by atoms with Crippen LogP contribution in [0.1, 0.15) is 50.4 Å². The second-order valence-corrected chi connectivity index (χ2v) is 6.46. The van der Waals surface area contributed by atoms with E-state index in [2.05, 4.69) is 10.4 Å². The maximum atomic E-state index is 12.3. The van der Waals surface area contributed by atoms with E-state index < -0.39 is 10.1 Å². The molecule has 0 atom stereocenters. The molecule has 1 rings (SSSR count). The Morgan fingerprint density at radius 3 is 2.48 bits per heavy atom. The summed E-state index contributed by atoms with van der Waals surface area (Å²) in [5, 5.41) is 6.87. The van der Waals surface area contributed by atoms with Crippen molar-refractivity contribution in [3.63, 3.8) is 0 Å². The summed E-state index contributed by atoms with van der Waals surface area (Å²) in [5.74, 6) is -0.542. The number of carbonyl (C=O) groups excluding carboxylic acids is 1. The van der Waals surface area contributed by atoms with Crippen molar-refractivity contribution in [3.05, 3.63) is 11.8 Å². The molecule has 120 valence electrons. The third-order valence-electron chi connectivity index (χ3n) is 2.98. The molecule has 0 aliphatic rings. The molecule has 0 unspecified atom stereocenters. The van der Waals surface area contributed by atoms with Gasteiger partial charge in [0.15, 0.2) is 0 Å². The van der Waals surface area contributed by atoms with Crippen LogP contribution >= 0.6 is 0 Å². The highest BCUT2D eigenvalue weighted by atomic mass is 32.2. The molecule has 0 fully saturated rings. The molecule has 8 heteroatoms. The molecule has 7 nitrogen and oxygen atoms in total. The molecule has 0 aliphatic heterocycles. The predicted octanol–water partition coefficient (Wildman–Crippen LogP) is 1.55. The summed E-state index contributed by atoms with van der Waals surface area (Å²) >= 11 is 0. The molecule has 1 amide bonds. The Labute approximate surface area is 125 Å². The summed E-state index contributed by atoms with van der Waals surface area (Å²) in [6.45, 7) is 6.49. The van der Waals surface area contributed by atoms with Crippen molar-refractivity contribution in [2.24, 2.45) is 0 Å². The lowest BCUT2D eigenvalue weighted by molar-refractivity contribution is 0.0933. The predicted molar refractivity (Wildman–Crippen MR) is 79.8 cm³/mol. The number of carbonyl (C=O) groups is 1. The number of aromatic nitrogens is 2. The first-order valence-electron chi connectivity index (χ1n) is 7.08. The van der Waals surface area contributed by atoms with E-state index in [0.717, 1.165) is 25.5 Å². The topological polar surface area (TPSA) is 90.3 Å². The highest BCUT2D eigenvalue weighted by Crippen LogP contribution is 2.18. The third-order valence-corrected chi connectivity index (χ3v) is 3.44. The van der Waals surface area contributed by atoms with E-state index in [1.54, 1.807) is 0 Å². The van der Waals surface area contributed by atoms with Gasteiger partial charge in [-0.25, -0.2) is 0 Å². The van der Waals surface area contributed by atoms with Crippen LogP contribution in [0.25, 0.3) is 0 Å². The minimum atomic E-state index is -3.73. The average Bonchev–Trinajstić information content (AvgIpc) is 2.76. The van der Waals surface area contributed by atoms with Gasteiger partial charge in [-0.3, -0.25) is 9.48 Å². The summed E-state index contributed by atoms with van der Waals surface area (Å²) in [4.78, 5) is 12.3. The van der Waals surface area contributed by atoms with Gasteiger partial charge in [0.1, 0.15) is 5.56 Å². The number of hydrogen-bond donors (Lipinski definition) is 1. The van der Waals surface area contributed by atoms with Crippen LogP contribution in [0.5, 0.6) is 5.88 Å². The zero-order valence-corrected chi connectivity index (χ0v) is 13.7. The molecule has 1 aromatic rings. The molecule has 0 aliphatic carbocycles. The van der Waals surface area contributed by atoms with Crippen LogP contribution in [0.3, 0.4) is 0 Å². The van der Waals surface area contributed by atoms with Gasteiger partial charge in [-0.2, -0.15) is 8.42 Å². The zero-order chi connectivity index (χ0) is 16.0. The van der Waals surface area contributed by atoms with Crippen LogP contribution in [0.15, 0.2) is 6.20 Å². The van der Waals surface area contributed by atoms with Gasteiger partial charge in [0.25, 0.3) is 11.8 Å². The third kappa shape index (κ3) is 5.37. The van der Waals surface area contributed by atoms with E-state index in [4.69, 9.17) is 4.18 Å². The molecule has 0 spiro atoms. The van der Waals surface area contributed by atoms with Crippen molar-refractivity contribution in [1.82, 2.24) is 15.1 Å². The van der Waals surface area contributed by atoms with Crippen LogP contribution in [0, 0.1) is 0 Å². The van der Waals surface area contributed by atoms with Crippen molar-refractivity contribution in [3.8, 4) is 5.88 Å². The van der Waals surface area contributed by atoms with Crippen LogP contribution in [0.4, 0.5) is 0 Å². The SMILES string of the molecule is CCCn1cc(C(=O)NC(CC)CC)c(OS(C)(=O)=O)n1. The summed E-state index contributed by atoms with van der Waals surface area (Å²) in [7, 11) is -3.73. The number of hydrogen-bond acceptors (Lipinski definition) is 5. The first-order chi connectivity index (χ1) is 9.80. The molecule has 0 bridgehead atoms. The molecule has 0 aromatic carbocycles. The minimum absolute atomic E-state index is 0.0399. The van der Waals surface area contributed by atoms with Gasteiger partial charge >= 0.3 is 10.1 Å². The monoisotopic (exact) mass is 317 g/mol. The molecule has 1 N–H and O–H groups in total. The van der Waals surface area contributed by atoms with Crippen molar-refractivity contribution >= 4 is 16.0 Å². The van der Waals surface area contributed by atoms with Gasteiger partial charge in [-0.05, 0) is 19.3 Å². The quantitative estimate of drug-likeness (QED) is 0.735. The standard InChI is InChI=1S/C13H23N3O4S/c1-5-8-16-9-11(12(17)14-10(6-2)7-3)13(15-16)20-21(4,18)19/h9-10H,5-8H2,1-4H3,(H,14,17). The Bertz CT molecular complexity index is 576. The summed E-state index contributed by atoms with van der Waals surface area (Å²) in [6, 6.07) is 0.0399. The average molecular weight is 317 g/mol. The number of rotatable bonds is 8. The van der Waals surface area contributed by atoms with E-state index in [-0.39, 0.29) is 23.4 Å². The van der Waals surface area contributed by atoms with Gasteiger partial charge < -0.3 is 9.50 Å². The van der Waals surface area contributed by atoms with Crippen molar-refractivity contribution in [2.45, 2.75) is 52.6 Å². The maximum Gasteiger partial charge on any atom is 0.307 e. The molecular weight excluding hydrogens is 294 g/mol. The van der Waals surface area contributed by atoms with E-state index in [1.165, 1.54) is 10.9 Å². The molecule has 0 radical (unpaired) electrons. The molecule has 1 aromatic heterocycles. The second-order valence-electron chi connectivity index (χ2n) is 4.89. The van der Waals surface area contributed by atoms with E-state index in [0.29, 0.717) is 6.54 Å². The smallest absolute Gasteiger partial charge is 0.307 e. The fraction of sp³-hybridized carbons (Fsp3) is 0.692. The van der Waals surface area contributed by atoms with Gasteiger partial charge in [-0.15, -0.1) is 5.10 Å². The second kappa shape index (κ2) is 7.44. The molecule has 21 heavy (non-hydrogen) atoms. The molecular formula is C13H23N3O4S. The van der Waals surface area contributed by atoms with Crippen LogP contribution in [-0.2, 0) is 16.7 Å². The lowest BCUT2D eigenvalue weighted by Gasteiger charge is -2.14. The fourth-order valence-corrected chi connectivity index (χ4v) is 2.27. The Balaban J connectivity index is 3.04. The Morgan fingerprint density at radius 1 is 1.38 bits per heavy atom. The van der Waals surface area contributed by atoms with Crippen LogP contribution in [-0.4, -0.2) is 36.4 Å². The summed E-state index contributed by atoms with van der Waals surface area (Å²) in [5.41, 5.74) is 0.140. The summed E-state index contributed by atoms with van der Waals surface area (Å²) < 4.78 is 28.9. The van der Waals surface area contributed by atoms with Gasteiger partial charge in [-0.1, -0.05) is 20.8 Å². The zero-order valence-electron chi connectivity index (χ0n) is 12.9. The summed E-state index contributed by atoms with van der Waals surface area (Å²) in [6.07, 6.45) is 4.85. The normalized spacial score (nSPS) is 11.7. The number of amides is 1. The highest BCUT2D eigenvalue weighted by Gasteiger charge is 2.22. The Morgan fingerprint density at radius 2 is 2.00 bits per heavy atom. The maximum absolute atomic E-state index is 12.3. The first kappa shape index (κ1) is 17.5. The largest absolute Gasteiger partial charge is 0.359 e. The van der Waals surface area contributed by atoms with Gasteiger partial charge in [0.2, 0.25) is 0 Å². The van der Waals surface area contributed by atoms with Crippen LogP contribution < -0.4 is 9.50 Å². The minimum Gasteiger partial charge on any atom is -0.359 e. The number of nitrogens with one attached hydrogen (secondary N) is 1. The van der Waals surface area contributed by atoms with Crippen molar-refractivity contribution in [2.75, 3.05) is 6.26 Å². The Hall–Kier alpha value is -1.57.